The fraction of sp³-hybridized carbons (Fsp3) is 0.364. The maximum Gasteiger partial charge on any atom is 0.312 e. The van der Waals surface area contributed by atoms with Crippen molar-refractivity contribution in [2.45, 2.75) is 12.5 Å². The molecule has 0 saturated carbocycles. The lowest BCUT2D eigenvalue weighted by atomic mass is 9.96. The van der Waals surface area contributed by atoms with Crippen LogP contribution in [0.1, 0.15) is 5.56 Å². The molecule has 2 rings (SSSR count). The lowest BCUT2D eigenvalue weighted by molar-refractivity contribution is -0.141. The largest absolute Gasteiger partial charge is 0.463 e. The van der Waals surface area contributed by atoms with Gasteiger partial charge in [0, 0.05) is 0 Å². The number of ether oxygens (including phenoxy) is 1. The SMILES string of the molecule is O=C1OCC(O)C1Cc1ccccc1. The number of hydrogen-bond donors (Lipinski definition) is 1. The molecule has 0 aliphatic carbocycles. The number of benzene rings is 1. The van der Waals surface area contributed by atoms with Crippen molar-refractivity contribution < 1.29 is 14.6 Å². The van der Waals surface area contributed by atoms with Gasteiger partial charge in [0.25, 0.3) is 0 Å². The molecule has 0 bridgehead atoms. The van der Waals surface area contributed by atoms with E-state index in [1.165, 1.54) is 0 Å². The summed E-state index contributed by atoms with van der Waals surface area (Å²) in [7, 11) is 0. The van der Waals surface area contributed by atoms with Crippen LogP contribution in [-0.2, 0) is 16.0 Å². The molecule has 0 spiro atoms. The van der Waals surface area contributed by atoms with Gasteiger partial charge in [0.1, 0.15) is 12.7 Å². The van der Waals surface area contributed by atoms with Gasteiger partial charge in [0.05, 0.1) is 5.92 Å². The molecule has 1 heterocycles. The van der Waals surface area contributed by atoms with Gasteiger partial charge < -0.3 is 9.84 Å². The molecule has 1 saturated heterocycles. The van der Waals surface area contributed by atoms with E-state index in [1.54, 1.807) is 0 Å². The first kappa shape index (κ1) is 9.21. The summed E-state index contributed by atoms with van der Waals surface area (Å²) in [5.41, 5.74) is 1.05. The van der Waals surface area contributed by atoms with E-state index in [-0.39, 0.29) is 12.6 Å². The molecule has 1 N–H and O–H groups in total. The zero-order valence-corrected chi connectivity index (χ0v) is 7.72. The van der Waals surface area contributed by atoms with Gasteiger partial charge in [0.15, 0.2) is 0 Å². The minimum Gasteiger partial charge on any atom is -0.463 e. The number of aliphatic hydroxyl groups is 1. The second-order valence-electron chi connectivity index (χ2n) is 3.49. The average Bonchev–Trinajstić information content (AvgIpc) is 2.51. The first-order valence-electron chi connectivity index (χ1n) is 4.66. The fourth-order valence-corrected chi connectivity index (χ4v) is 1.64. The van der Waals surface area contributed by atoms with E-state index in [0.717, 1.165) is 5.56 Å². The van der Waals surface area contributed by atoms with E-state index in [0.29, 0.717) is 6.42 Å². The van der Waals surface area contributed by atoms with Crippen molar-refractivity contribution in [1.29, 1.82) is 0 Å². The number of cyclic esters (lactones) is 1. The Hall–Kier alpha value is -1.35. The Kier molecular flexibility index (Phi) is 2.50. The van der Waals surface area contributed by atoms with Gasteiger partial charge in [0.2, 0.25) is 0 Å². The Bertz CT molecular complexity index is 321. The summed E-state index contributed by atoms with van der Waals surface area (Å²) in [6, 6.07) is 9.65. The predicted molar refractivity (Wildman–Crippen MR) is 50.6 cm³/mol. The molecular formula is C11H12O3. The van der Waals surface area contributed by atoms with Gasteiger partial charge in [-0.2, -0.15) is 0 Å². The molecule has 14 heavy (non-hydrogen) atoms. The quantitative estimate of drug-likeness (QED) is 0.704. The highest BCUT2D eigenvalue weighted by atomic mass is 16.6. The van der Waals surface area contributed by atoms with Gasteiger partial charge in [-0.15, -0.1) is 0 Å². The Morgan fingerprint density at radius 1 is 1.36 bits per heavy atom. The predicted octanol–water partition coefficient (Wildman–Crippen LogP) is 0.763. The highest BCUT2D eigenvalue weighted by Gasteiger charge is 2.35. The van der Waals surface area contributed by atoms with Crippen molar-refractivity contribution >= 4 is 5.97 Å². The zero-order valence-electron chi connectivity index (χ0n) is 7.72. The molecule has 1 fully saturated rings. The number of aliphatic hydroxyl groups excluding tert-OH is 1. The summed E-state index contributed by atoms with van der Waals surface area (Å²) in [6.07, 6.45) is -0.0939. The summed E-state index contributed by atoms with van der Waals surface area (Å²) in [5.74, 6) is -0.682. The van der Waals surface area contributed by atoms with Gasteiger partial charge in [-0.25, -0.2) is 0 Å². The summed E-state index contributed by atoms with van der Waals surface area (Å²) >= 11 is 0. The molecule has 0 radical (unpaired) electrons. The highest BCUT2D eigenvalue weighted by molar-refractivity contribution is 5.75. The molecule has 3 nitrogen and oxygen atoms in total. The van der Waals surface area contributed by atoms with Crippen molar-refractivity contribution in [3.63, 3.8) is 0 Å². The van der Waals surface area contributed by atoms with Crippen molar-refractivity contribution in [2.24, 2.45) is 5.92 Å². The smallest absolute Gasteiger partial charge is 0.312 e. The molecular weight excluding hydrogens is 180 g/mol. The number of hydrogen-bond acceptors (Lipinski definition) is 3. The maximum absolute atomic E-state index is 11.2. The van der Waals surface area contributed by atoms with Gasteiger partial charge in [-0.1, -0.05) is 30.3 Å². The van der Waals surface area contributed by atoms with Crippen LogP contribution in [0.25, 0.3) is 0 Å². The van der Waals surface area contributed by atoms with Crippen molar-refractivity contribution in [3.05, 3.63) is 35.9 Å². The first-order chi connectivity index (χ1) is 6.77. The van der Waals surface area contributed by atoms with Crippen molar-refractivity contribution in [3.8, 4) is 0 Å². The van der Waals surface area contributed by atoms with Crippen LogP contribution >= 0.6 is 0 Å². The lowest BCUT2D eigenvalue weighted by Crippen LogP contribution is -2.22. The molecule has 0 amide bonds. The van der Waals surface area contributed by atoms with E-state index >= 15 is 0 Å². The molecule has 74 valence electrons. The van der Waals surface area contributed by atoms with Gasteiger partial charge in [-0.05, 0) is 12.0 Å². The third kappa shape index (κ3) is 1.77. The van der Waals surface area contributed by atoms with Crippen LogP contribution in [0.5, 0.6) is 0 Å². The van der Waals surface area contributed by atoms with Gasteiger partial charge >= 0.3 is 5.97 Å². The third-order valence-electron chi connectivity index (χ3n) is 2.46. The highest BCUT2D eigenvalue weighted by Crippen LogP contribution is 2.20. The lowest BCUT2D eigenvalue weighted by Gasteiger charge is -2.08. The van der Waals surface area contributed by atoms with Crippen LogP contribution < -0.4 is 0 Å². The summed E-state index contributed by atoms with van der Waals surface area (Å²) in [6.45, 7) is 0.135. The zero-order chi connectivity index (χ0) is 9.97. The van der Waals surface area contributed by atoms with E-state index in [4.69, 9.17) is 4.74 Å². The number of carbonyl (C=O) groups is 1. The van der Waals surface area contributed by atoms with E-state index in [1.807, 2.05) is 30.3 Å². The molecule has 1 aliphatic rings. The Labute approximate surface area is 82.3 Å². The van der Waals surface area contributed by atoms with Crippen LogP contribution in [0, 0.1) is 5.92 Å². The normalized spacial score (nSPS) is 26.2. The number of rotatable bonds is 2. The molecule has 1 aliphatic heterocycles. The third-order valence-corrected chi connectivity index (χ3v) is 2.46. The Morgan fingerprint density at radius 3 is 2.64 bits per heavy atom. The van der Waals surface area contributed by atoms with Crippen molar-refractivity contribution in [2.75, 3.05) is 6.61 Å². The molecule has 1 aromatic rings. The standard InChI is InChI=1S/C11H12O3/c12-10-7-14-11(13)9(10)6-8-4-2-1-3-5-8/h1-5,9-10,12H,6-7H2. The van der Waals surface area contributed by atoms with Crippen LogP contribution in [0.15, 0.2) is 30.3 Å². The summed E-state index contributed by atoms with van der Waals surface area (Å²) in [5, 5.41) is 9.47. The Morgan fingerprint density at radius 2 is 2.07 bits per heavy atom. The second kappa shape index (κ2) is 3.80. The van der Waals surface area contributed by atoms with E-state index < -0.39 is 12.0 Å². The number of carbonyl (C=O) groups excluding carboxylic acids is 1. The fourth-order valence-electron chi connectivity index (χ4n) is 1.64. The van der Waals surface area contributed by atoms with Crippen LogP contribution in [0.3, 0.4) is 0 Å². The van der Waals surface area contributed by atoms with Crippen LogP contribution in [0.4, 0.5) is 0 Å². The molecule has 2 unspecified atom stereocenters. The molecule has 2 atom stereocenters. The monoisotopic (exact) mass is 192 g/mol. The summed E-state index contributed by atoms with van der Waals surface area (Å²) < 4.78 is 4.76. The molecule has 0 aromatic heterocycles. The molecule has 3 heteroatoms. The average molecular weight is 192 g/mol. The van der Waals surface area contributed by atoms with Crippen LogP contribution in [-0.4, -0.2) is 23.8 Å². The summed E-state index contributed by atoms with van der Waals surface area (Å²) in [4.78, 5) is 11.2. The minimum atomic E-state index is -0.650. The van der Waals surface area contributed by atoms with Crippen LogP contribution in [0.2, 0.25) is 0 Å². The van der Waals surface area contributed by atoms with E-state index in [2.05, 4.69) is 0 Å². The molecule has 1 aromatic carbocycles. The Balaban J connectivity index is 2.07. The maximum atomic E-state index is 11.2. The second-order valence-corrected chi connectivity index (χ2v) is 3.49. The topological polar surface area (TPSA) is 46.5 Å². The van der Waals surface area contributed by atoms with Gasteiger partial charge in [-0.3, -0.25) is 4.79 Å². The first-order valence-corrected chi connectivity index (χ1v) is 4.66. The van der Waals surface area contributed by atoms with Crippen molar-refractivity contribution in [1.82, 2.24) is 0 Å². The van der Waals surface area contributed by atoms with E-state index in [9.17, 15) is 9.90 Å². The number of esters is 1. The minimum absolute atomic E-state index is 0.135.